The van der Waals surface area contributed by atoms with E-state index in [4.69, 9.17) is 9.47 Å². The van der Waals surface area contributed by atoms with Crippen LogP contribution in [0.1, 0.15) is 11.1 Å². The predicted octanol–water partition coefficient (Wildman–Crippen LogP) is 2.39. The molecule has 0 bridgehead atoms. The van der Waals surface area contributed by atoms with Crippen molar-refractivity contribution in [1.29, 1.82) is 0 Å². The third kappa shape index (κ3) is 2.69. The first-order chi connectivity index (χ1) is 12.5. The molecule has 1 N–H and O–H groups in total. The number of ether oxygens (including phenoxy) is 2. The average Bonchev–Trinajstić information content (AvgIpc) is 3.08. The van der Waals surface area contributed by atoms with Crippen LogP contribution in [0.15, 0.2) is 48.0 Å². The van der Waals surface area contributed by atoms with E-state index in [1.54, 1.807) is 42.5 Å². The van der Waals surface area contributed by atoms with Gasteiger partial charge in [-0.15, -0.1) is 0 Å². The molecule has 4 rings (SSSR count). The summed E-state index contributed by atoms with van der Waals surface area (Å²) < 4.78 is 10.5. The predicted molar refractivity (Wildman–Crippen MR) is 92.7 cm³/mol. The van der Waals surface area contributed by atoms with Crippen LogP contribution in [0.3, 0.4) is 0 Å². The summed E-state index contributed by atoms with van der Waals surface area (Å²) >= 11 is 0. The topological polar surface area (TPSA) is 84.9 Å². The van der Waals surface area contributed by atoms with Crippen molar-refractivity contribution < 1.29 is 23.9 Å². The van der Waals surface area contributed by atoms with E-state index in [2.05, 4.69) is 5.32 Å². The van der Waals surface area contributed by atoms with E-state index in [9.17, 15) is 14.4 Å². The molecule has 1 fully saturated rings. The van der Waals surface area contributed by atoms with Crippen LogP contribution in [-0.2, 0) is 9.59 Å². The average molecular weight is 350 g/mol. The Labute approximate surface area is 148 Å². The van der Waals surface area contributed by atoms with Gasteiger partial charge in [0, 0.05) is 0 Å². The number of carbonyl (C=O) groups excluding carboxylic acids is 3. The molecule has 7 nitrogen and oxygen atoms in total. The van der Waals surface area contributed by atoms with E-state index in [-0.39, 0.29) is 12.4 Å². The Bertz CT molecular complexity index is 962. The van der Waals surface area contributed by atoms with Crippen LogP contribution in [0.2, 0.25) is 0 Å². The van der Waals surface area contributed by atoms with Gasteiger partial charge in [0.25, 0.3) is 11.8 Å². The summed E-state index contributed by atoms with van der Waals surface area (Å²) in [6, 6.07) is 11.2. The lowest BCUT2D eigenvalue weighted by Crippen LogP contribution is -2.54. The van der Waals surface area contributed by atoms with Gasteiger partial charge in [-0.2, -0.15) is 0 Å². The number of hydrogen-bond donors (Lipinski definition) is 1. The van der Waals surface area contributed by atoms with Gasteiger partial charge in [0.2, 0.25) is 6.79 Å². The van der Waals surface area contributed by atoms with Crippen LogP contribution in [0.25, 0.3) is 6.08 Å². The zero-order valence-electron chi connectivity index (χ0n) is 13.8. The van der Waals surface area contributed by atoms with Gasteiger partial charge in [0.05, 0.1) is 5.69 Å². The number of carbonyl (C=O) groups is 3. The lowest BCUT2D eigenvalue weighted by molar-refractivity contribution is -0.122. The van der Waals surface area contributed by atoms with E-state index >= 15 is 0 Å². The number of imide groups is 2. The second-order valence-electron chi connectivity index (χ2n) is 5.91. The lowest BCUT2D eigenvalue weighted by atomic mass is 10.1. The molecule has 26 heavy (non-hydrogen) atoms. The highest BCUT2D eigenvalue weighted by Gasteiger charge is 2.36. The first-order valence-electron chi connectivity index (χ1n) is 7.91. The number of fused-ring (bicyclic) bond motifs is 1. The monoisotopic (exact) mass is 350 g/mol. The van der Waals surface area contributed by atoms with Crippen molar-refractivity contribution in [2.24, 2.45) is 0 Å². The van der Waals surface area contributed by atoms with Gasteiger partial charge in [-0.25, -0.2) is 9.69 Å². The molecule has 2 aliphatic rings. The molecule has 7 heteroatoms. The van der Waals surface area contributed by atoms with Crippen LogP contribution in [0, 0.1) is 6.92 Å². The van der Waals surface area contributed by atoms with Crippen molar-refractivity contribution in [3.8, 4) is 11.5 Å². The Kier molecular flexibility index (Phi) is 3.69. The molecule has 0 saturated carbocycles. The number of hydrogen-bond acceptors (Lipinski definition) is 5. The number of amides is 4. The molecule has 2 aromatic carbocycles. The molecule has 2 heterocycles. The summed E-state index contributed by atoms with van der Waals surface area (Å²) in [6.07, 6.45) is 1.42. The van der Waals surface area contributed by atoms with Crippen molar-refractivity contribution in [3.05, 3.63) is 59.2 Å². The van der Waals surface area contributed by atoms with Gasteiger partial charge in [0.1, 0.15) is 5.57 Å². The summed E-state index contributed by atoms with van der Waals surface area (Å²) in [4.78, 5) is 38.1. The Morgan fingerprint density at radius 1 is 1.00 bits per heavy atom. The van der Waals surface area contributed by atoms with E-state index in [0.29, 0.717) is 22.7 Å². The molecular formula is C19H14N2O5. The van der Waals surface area contributed by atoms with E-state index in [0.717, 1.165) is 10.5 Å². The van der Waals surface area contributed by atoms with Gasteiger partial charge in [0.15, 0.2) is 11.5 Å². The second kappa shape index (κ2) is 6.03. The summed E-state index contributed by atoms with van der Waals surface area (Å²) in [6.45, 7) is 2.03. The number of nitrogens with one attached hydrogen (secondary N) is 1. The number of aryl methyl sites for hydroxylation is 1. The van der Waals surface area contributed by atoms with Gasteiger partial charge in [-0.1, -0.05) is 23.8 Å². The van der Waals surface area contributed by atoms with E-state index in [1.165, 1.54) is 6.08 Å². The highest BCUT2D eigenvalue weighted by atomic mass is 16.7. The van der Waals surface area contributed by atoms with Crippen molar-refractivity contribution in [2.45, 2.75) is 6.92 Å². The van der Waals surface area contributed by atoms with Gasteiger partial charge in [-0.05, 0) is 42.8 Å². The Morgan fingerprint density at radius 3 is 2.50 bits per heavy atom. The Hall–Kier alpha value is -3.61. The molecule has 2 aliphatic heterocycles. The maximum atomic E-state index is 12.8. The van der Waals surface area contributed by atoms with E-state index in [1.807, 2.05) is 6.92 Å². The molecule has 0 radical (unpaired) electrons. The van der Waals surface area contributed by atoms with Crippen LogP contribution in [0.4, 0.5) is 10.5 Å². The number of urea groups is 1. The fraction of sp³-hybridized carbons (Fsp3) is 0.105. The molecule has 0 aliphatic carbocycles. The number of rotatable bonds is 2. The summed E-state index contributed by atoms with van der Waals surface area (Å²) in [5.41, 5.74) is 1.84. The van der Waals surface area contributed by atoms with Gasteiger partial charge < -0.3 is 9.47 Å². The molecule has 0 atom stereocenters. The van der Waals surface area contributed by atoms with Crippen molar-refractivity contribution in [1.82, 2.24) is 5.32 Å². The standard InChI is InChI=1S/C19H14N2O5/c1-11-2-5-13(6-3-11)21-18(23)14(17(22)20-19(21)24)8-12-4-7-15-16(9-12)26-10-25-15/h2-9H,10H2,1H3,(H,20,22,24)/b14-8+. The highest BCUT2D eigenvalue weighted by Crippen LogP contribution is 2.33. The highest BCUT2D eigenvalue weighted by molar-refractivity contribution is 6.39. The fourth-order valence-corrected chi connectivity index (χ4v) is 2.76. The SMILES string of the molecule is Cc1ccc(N2C(=O)NC(=O)/C(=C\c3ccc4c(c3)OCO4)C2=O)cc1. The zero-order chi connectivity index (χ0) is 18.3. The van der Waals surface area contributed by atoms with Gasteiger partial charge in [-0.3, -0.25) is 14.9 Å². The third-order valence-corrected chi connectivity index (χ3v) is 4.10. The molecule has 1 saturated heterocycles. The normalized spacial score (nSPS) is 17.7. The summed E-state index contributed by atoms with van der Waals surface area (Å²) in [5, 5.41) is 2.20. The minimum absolute atomic E-state index is 0.129. The molecule has 0 unspecified atom stereocenters. The third-order valence-electron chi connectivity index (χ3n) is 4.10. The molecular weight excluding hydrogens is 336 g/mol. The summed E-state index contributed by atoms with van der Waals surface area (Å²) in [7, 11) is 0. The van der Waals surface area contributed by atoms with Crippen molar-refractivity contribution in [2.75, 3.05) is 11.7 Å². The van der Waals surface area contributed by atoms with E-state index < -0.39 is 17.8 Å². The van der Waals surface area contributed by atoms with Crippen LogP contribution in [-0.4, -0.2) is 24.6 Å². The van der Waals surface area contributed by atoms with Gasteiger partial charge >= 0.3 is 6.03 Å². The van der Waals surface area contributed by atoms with Crippen molar-refractivity contribution in [3.63, 3.8) is 0 Å². The maximum Gasteiger partial charge on any atom is 0.335 e. The quantitative estimate of drug-likeness (QED) is 0.664. The fourth-order valence-electron chi connectivity index (χ4n) is 2.76. The molecule has 2 aromatic rings. The molecule has 0 spiro atoms. The maximum absolute atomic E-state index is 12.8. The van der Waals surface area contributed by atoms with Crippen LogP contribution in [0.5, 0.6) is 11.5 Å². The van der Waals surface area contributed by atoms with Crippen LogP contribution >= 0.6 is 0 Å². The molecule has 4 amide bonds. The number of anilines is 1. The largest absolute Gasteiger partial charge is 0.454 e. The Balaban J connectivity index is 1.71. The first-order valence-corrected chi connectivity index (χ1v) is 7.91. The molecule has 130 valence electrons. The zero-order valence-corrected chi connectivity index (χ0v) is 13.8. The number of barbiturate groups is 1. The number of nitrogens with zero attached hydrogens (tertiary/aromatic N) is 1. The lowest BCUT2D eigenvalue weighted by Gasteiger charge is -2.26. The summed E-state index contributed by atoms with van der Waals surface area (Å²) in [5.74, 6) is -0.279. The van der Waals surface area contributed by atoms with Crippen molar-refractivity contribution >= 4 is 29.6 Å². The first kappa shape index (κ1) is 15.9. The smallest absolute Gasteiger partial charge is 0.335 e. The number of benzene rings is 2. The minimum atomic E-state index is -0.772. The van der Waals surface area contributed by atoms with Crippen LogP contribution < -0.4 is 19.7 Å². The second-order valence-corrected chi connectivity index (χ2v) is 5.91. The minimum Gasteiger partial charge on any atom is -0.454 e. The molecule has 0 aromatic heterocycles. The Morgan fingerprint density at radius 2 is 1.73 bits per heavy atom.